The standard InChI is InChI=1S/C26H31N6O8P/c1-4-37-24(34)15(2)31-41(36,40-18-11-7-9-16-8-5-6-10-17(16)18)38-12-19-21(33)26(3,35)25(39-19)32-14-30-20-22(27)28-13-29-23(20)32/h5-11,13-15,19,21,25,33,35H,4,12H2,1-3H3,(H,31,36)(H2,27,28,29)/t15-,19+,21+,25+,26+,41?/m0/s1. The number of carbonyl (C=O) groups excluding carboxylic acids is 1. The smallest absolute Gasteiger partial charge is 0.459 e. The number of fused-ring (bicyclic) bond motifs is 2. The maximum absolute atomic E-state index is 14.1. The fourth-order valence-electron chi connectivity index (χ4n) is 4.64. The summed E-state index contributed by atoms with van der Waals surface area (Å²) < 4.78 is 38.2. The molecule has 0 spiro atoms. The summed E-state index contributed by atoms with van der Waals surface area (Å²) in [5.74, 6) is -0.277. The first-order chi connectivity index (χ1) is 19.5. The largest absolute Gasteiger partial charge is 0.465 e. The maximum atomic E-state index is 14.1. The highest BCUT2D eigenvalue weighted by Crippen LogP contribution is 2.48. The third kappa shape index (κ3) is 5.62. The van der Waals surface area contributed by atoms with Crippen LogP contribution in [0.15, 0.2) is 55.1 Å². The fourth-order valence-corrected chi connectivity index (χ4v) is 6.16. The second kappa shape index (κ2) is 11.3. The van der Waals surface area contributed by atoms with Gasteiger partial charge in [0.05, 0.1) is 19.5 Å². The van der Waals surface area contributed by atoms with Crippen molar-refractivity contribution in [1.82, 2.24) is 24.6 Å². The number of aromatic nitrogens is 4. The van der Waals surface area contributed by atoms with E-state index in [4.69, 9.17) is 24.3 Å². The van der Waals surface area contributed by atoms with Crippen LogP contribution in [0, 0.1) is 0 Å². The van der Waals surface area contributed by atoms with Gasteiger partial charge in [0.25, 0.3) is 0 Å². The average Bonchev–Trinajstić information content (AvgIpc) is 3.47. The average molecular weight is 587 g/mol. The van der Waals surface area contributed by atoms with Crippen LogP contribution in [0.3, 0.4) is 0 Å². The van der Waals surface area contributed by atoms with Crippen molar-refractivity contribution >= 4 is 41.5 Å². The molecule has 2 aromatic heterocycles. The number of anilines is 1. The van der Waals surface area contributed by atoms with Crippen LogP contribution in [0.1, 0.15) is 27.0 Å². The van der Waals surface area contributed by atoms with Crippen molar-refractivity contribution in [2.45, 2.75) is 50.8 Å². The summed E-state index contributed by atoms with van der Waals surface area (Å²) in [5.41, 5.74) is 4.62. The van der Waals surface area contributed by atoms with Gasteiger partial charge in [-0.1, -0.05) is 36.4 Å². The van der Waals surface area contributed by atoms with Crippen molar-refractivity contribution in [3.8, 4) is 5.75 Å². The van der Waals surface area contributed by atoms with Crippen molar-refractivity contribution in [1.29, 1.82) is 0 Å². The number of ether oxygens (including phenoxy) is 2. The fraction of sp³-hybridized carbons (Fsp3) is 0.385. The predicted octanol–water partition coefficient (Wildman–Crippen LogP) is 2.32. The van der Waals surface area contributed by atoms with E-state index in [0.717, 1.165) is 5.39 Å². The van der Waals surface area contributed by atoms with Gasteiger partial charge in [0.1, 0.15) is 41.4 Å². The van der Waals surface area contributed by atoms with Crippen LogP contribution in [-0.2, 0) is 23.4 Å². The molecule has 5 rings (SSSR count). The molecule has 0 bridgehead atoms. The van der Waals surface area contributed by atoms with Gasteiger partial charge in [0.15, 0.2) is 17.7 Å². The second-order valence-corrected chi connectivity index (χ2v) is 11.4. The van der Waals surface area contributed by atoms with Crippen LogP contribution in [0.5, 0.6) is 5.75 Å². The summed E-state index contributed by atoms with van der Waals surface area (Å²) in [4.78, 5) is 24.6. The van der Waals surface area contributed by atoms with Gasteiger partial charge in [0, 0.05) is 5.39 Å². The zero-order valence-electron chi connectivity index (χ0n) is 22.6. The molecule has 2 aromatic carbocycles. The number of hydrogen-bond donors (Lipinski definition) is 4. The number of hydrogen-bond acceptors (Lipinski definition) is 12. The molecule has 41 heavy (non-hydrogen) atoms. The topological polar surface area (TPSA) is 193 Å². The van der Waals surface area contributed by atoms with Gasteiger partial charge in [-0.05, 0) is 32.2 Å². The summed E-state index contributed by atoms with van der Waals surface area (Å²) in [6.07, 6.45) is -1.21. The number of aliphatic hydroxyl groups is 2. The van der Waals surface area contributed by atoms with E-state index in [0.29, 0.717) is 10.9 Å². The Morgan fingerprint density at radius 3 is 2.78 bits per heavy atom. The number of nitrogens with one attached hydrogen (secondary N) is 1. The minimum atomic E-state index is -4.31. The Kier molecular flexibility index (Phi) is 7.97. The zero-order valence-corrected chi connectivity index (χ0v) is 23.5. The maximum Gasteiger partial charge on any atom is 0.459 e. The van der Waals surface area contributed by atoms with Gasteiger partial charge < -0.3 is 29.9 Å². The lowest BCUT2D eigenvalue weighted by molar-refractivity contribution is -0.144. The summed E-state index contributed by atoms with van der Waals surface area (Å²) in [6, 6.07) is 11.5. The molecular weight excluding hydrogens is 555 g/mol. The van der Waals surface area contributed by atoms with Crippen LogP contribution in [0.4, 0.5) is 5.82 Å². The number of aliphatic hydroxyl groups excluding tert-OH is 1. The van der Waals surface area contributed by atoms with Crippen LogP contribution in [0.2, 0.25) is 0 Å². The van der Waals surface area contributed by atoms with Gasteiger partial charge in [0.2, 0.25) is 0 Å². The van der Waals surface area contributed by atoms with Crippen LogP contribution >= 0.6 is 7.75 Å². The van der Waals surface area contributed by atoms with Gasteiger partial charge >= 0.3 is 13.7 Å². The third-order valence-corrected chi connectivity index (χ3v) is 8.39. The van der Waals surface area contributed by atoms with E-state index < -0.39 is 50.4 Å². The lowest BCUT2D eigenvalue weighted by Gasteiger charge is -2.27. The number of rotatable bonds is 10. The van der Waals surface area contributed by atoms with Crippen molar-refractivity contribution < 1.29 is 38.1 Å². The molecule has 5 N–H and O–H groups in total. The highest BCUT2D eigenvalue weighted by Gasteiger charge is 2.54. The SMILES string of the molecule is CCOC(=O)[C@H](C)NP(=O)(OC[C@H]1O[C@@H](n2cnc3c(N)ncnc32)[C@](C)(O)[C@@H]1O)Oc1cccc2ccccc12. The molecule has 0 saturated carbocycles. The number of esters is 1. The Labute approximate surface area is 235 Å². The van der Waals surface area contributed by atoms with E-state index >= 15 is 0 Å². The van der Waals surface area contributed by atoms with Gasteiger partial charge in [-0.15, -0.1) is 0 Å². The number of nitrogens with zero attached hydrogens (tertiary/aromatic N) is 4. The van der Waals surface area contributed by atoms with Crippen molar-refractivity contribution in [2.24, 2.45) is 0 Å². The number of nitrogens with two attached hydrogens (primary N) is 1. The van der Waals surface area contributed by atoms with Crippen LogP contribution in [0.25, 0.3) is 21.9 Å². The van der Waals surface area contributed by atoms with E-state index in [9.17, 15) is 19.6 Å². The zero-order chi connectivity index (χ0) is 29.4. The quantitative estimate of drug-likeness (QED) is 0.156. The minimum absolute atomic E-state index is 0.123. The van der Waals surface area contributed by atoms with Gasteiger partial charge in [-0.3, -0.25) is 13.9 Å². The minimum Gasteiger partial charge on any atom is -0.465 e. The molecule has 1 fully saturated rings. The van der Waals surface area contributed by atoms with Crippen molar-refractivity contribution in [3.05, 3.63) is 55.1 Å². The van der Waals surface area contributed by atoms with E-state index in [1.807, 2.05) is 18.2 Å². The molecule has 0 radical (unpaired) electrons. The molecule has 6 atom stereocenters. The summed E-state index contributed by atoms with van der Waals surface area (Å²) in [5, 5.41) is 26.3. The van der Waals surface area contributed by atoms with Crippen LogP contribution in [-0.4, -0.2) is 72.8 Å². The molecule has 4 aromatic rings. The Balaban J connectivity index is 1.40. The third-order valence-electron chi connectivity index (χ3n) is 6.76. The molecule has 1 aliphatic rings. The Bertz CT molecular complexity index is 1610. The highest BCUT2D eigenvalue weighted by atomic mass is 31.2. The molecule has 218 valence electrons. The first-order valence-corrected chi connectivity index (χ1v) is 14.4. The van der Waals surface area contributed by atoms with Gasteiger partial charge in [-0.2, -0.15) is 5.09 Å². The van der Waals surface area contributed by atoms with E-state index in [1.54, 1.807) is 31.2 Å². The summed E-state index contributed by atoms with van der Waals surface area (Å²) >= 11 is 0. The molecule has 0 amide bonds. The molecule has 1 unspecified atom stereocenters. The first-order valence-electron chi connectivity index (χ1n) is 12.9. The van der Waals surface area contributed by atoms with Crippen molar-refractivity contribution in [3.63, 3.8) is 0 Å². The Morgan fingerprint density at radius 1 is 1.24 bits per heavy atom. The van der Waals surface area contributed by atoms with Gasteiger partial charge in [-0.25, -0.2) is 19.5 Å². The number of carbonyl (C=O) groups is 1. The summed E-state index contributed by atoms with van der Waals surface area (Å²) in [7, 11) is -4.31. The number of benzene rings is 2. The van der Waals surface area contributed by atoms with Crippen molar-refractivity contribution in [2.75, 3.05) is 18.9 Å². The molecule has 1 saturated heterocycles. The van der Waals surface area contributed by atoms with E-state index in [2.05, 4.69) is 20.0 Å². The molecule has 1 aliphatic heterocycles. The molecule has 15 heteroatoms. The lowest BCUT2D eigenvalue weighted by atomic mass is 9.96. The normalized spacial score (nSPS) is 24.8. The highest BCUT2D eigenvalue weighted by molar-refractivity contribution is 7.52. The van der Waals surface area contributed by atoms with E-state index in [1.165, 1.54) is 31.1 Å². The Hall–Kier alpha value is -3.65. The Morgan fingerprint density at radius 2 is 2.00 bits per heavy atom. The first kappa shape index (κ1) is 28.9. The monoisotopic (exact) mass is 586 g/mol. The van der Waals surface area contributed by atoms with Crippen LogP contribution < -0.4 is 15.3 Å². The second-order valence-electron chi connectivity index (χ2n) is 9.75. The predicted molar refractivity (Wildman–Crippen MR) is 148 cm³/mol. The molecular formula is C26H31N6O8P. The lowest BCUT2D eigenvalue weighted by Crippen LogP contribution is -2.44. The molecule has 3 heterocycles. The molecule has 0 aliphatic carbocycles. The van der Waals surface area contributed by atoms with E-state index in [-0.39, 0.29) is 23.8 Å². The number of nitrogen functional groups attached to an aromatic ring is 1. The molecule has 14 nitrogen and oxygen atoms in total. The number of imidazole rings is 1. The summed E-state index contributed by atoms with van der Waals surface area (Å²) in [6.45, 7) is 4.13.